The van der Waals surface area contributed by atoms with Gasteiger partial charge in [-0.15, -0.1) is 0 Å². The first-order chi connectivity index (χ1) is 9.83. The predicted molar refractivity (Wildman–Crippen MR) is 78.6 cm³/mol. The molecule has 0 aliphatic carbocycles. The number of anilines is 1. The SMILES string of the molecule is CCS(=O)(=O)N1CC(CNc2cc(C)c([N+](=O)[O-])cn2)C1. The molecule has 0 spiro atoms. The molecule has 0 saturated carbocycles. The van der Waals surface area contributed by atoms with Crippen LogP contribution in [0.25, 0.3) is 0 Å². The summed E-state index contributed by atoms with van der Waals surface area (Å²) in [5.41, 5.74) is 0.533. The summed E-state index contributed by atoms with van der Waals surface area (Å²) in [5, 5.41) is 13.8. The fourth-order valence-electron chi connectivity index (χ4n) is 2.15. The van der Waals surface area contributed by atoms with Gasteiger partial charge in [0, 0.05) is 31.1 Å². The van der Waals surface area contributed by atoms with Crippen LogP contribution in [0.1, 0.15) is 12.5 Å². The van der Waals surface area contributed by atoms with Crippen molar-refractivity contribution in [3.63, 3.8) is 0 Å². The van der Waals surface area contributed by atoms with Gasteiger partial charge in [0.1, 0.15) is 12.0 Å². The maximum Gasteiger partial charge on any atom is 0.290 e. The molecule has 1 N–H and O–H groups in total. The third-order valence-corrected chi connectivity index (χ3v) is 5.35. The summed E-state index contributed by atoms with van der Waals surface area (Å²) in [4.78, 5) is 14.2. The van der Waals surface area contributed by atoms with Crippen LogP contribution in [0.3, 0.4) is 0 Å². The van der Waals surface area contributed by atoms with Crippen LogP contribution >= 0.6 is 0 Å². The van der Waals surface area contributed by atoms with E-state index in [2.05, 4.69) is 10.3 Å². The van der Waals surface area contributed by atoms with Crippen molar-refractivity contribution >= 4 is 21.5 Å². The van der Waals surface area contributed by atoms with E-state index < -0.39 is 14.9 Å². The van der Waals surface area contributed by atoms with E-state index in [1.165, 1.54) is 10.5 Å². The van der Waals surface area contributed by atoms with Crippen LogP contribution in [0.4, 0.5) is 11.5 Å². The van der Waals surface area contributed by atoms with Gasteiger partial charge < -0.3 is 5.32 Å². The molecular formula is C12H18N4O4S. The predicted octanol–water partition coefficient (Wildman–Crippen LogP) is 0.992. The van der Waals surface area contributed by atoms with Crippen molar-refractivity contribution in [2.24, 2.45) is 5.92 Å². The normalized spacial score (nSPS) is 16.5. The Morgan fingerprint density at radius 3 is 2.71 bits per heavy atom. The van der Waals surface area contributed by atoms with Gasteiger partial charge in [0.15, 0.2) is 0 Å². The van der Waals surface area contributed by atoms with E-state index in [4.69, 9.17) is 0 Å². The van der Waals surface area contributed by atoms with Gasteiger partial charge in [-0.25, -0.2) is 17.7 Å². The average Bonchev–Trinajstić information content (AvgIpc) is 2.36. The zero-order valence-corrected chi connectivity index (χ0v) is 12.8. The van der Waals surface area contributed by atoms with E-state index in [0.717, 1.165) is 0 Å². The molecule has 21 heavy (non-hydrogen) atoms. The molecule has 2 rings (SSSR count). The van der Waals surface area contributed by atoms with E-state index >= 15 is 0 Å². The number of aryl methyl sites for hydroxylation is 1. The second-order valence-electron chi connectivity index (χ2n) is 5.08. The van der Waals surface area contributed by atoms with Crippen molar-refractivity contribution in [1.29, 1.82) is 0 Å². The molecule has 116 valence electrons. The summed E-state index contributed by atoms with van der Waals surface area (Å²) in [6.45, 7) is 4.90. The monoisotopic (exact) mass is 314 g/mol. The first kappa shape index (κ1) is 15.6. The molecule has 9 heteroatoms. The lowest BCUT2D eigenvalue weighted by molar-refractivity contribution is -0.385. The van der Waals surface area contributed by atoms with Crippen molar-refractivity contribution in [2.45, 2.75) is 13.8 Å². The molecule has 1 aliphatic rings. The number of rotatable bonds is 6. The van der Waals surface area contributed by atoms with Crippen molar-refractivity contribution in [1.82, 2.24) is 9.29 Å². The Bertz CT molecular complexity index is 641. The summed E-state index contributed by atoms with van der Waals surface area (Å²) in [5.74, 6) is 0.925. The van der Waals surface area contributed by atoms with E-state index in [9.17, 15) is 18.5 Å². The summed E-state index contributed by atoms with van der Waals surface area (Å²) in [7, 11) is -3.08. The topological polar surface area (TPSA) is 105 Å². The number of hydrogen-bond acceptors (Lipinski definition) is 6. The maximum absolute atomic E-state index is 11.6. The Balaban J connectivity index is 1.86. The van der Waals surface area contributed by atoms with Gasteiger partial charge in [-0.05, 0) is 19.9 Å². The standard InChI is InChI=1S/C12H18N4O4S/c1-3-21(19,20)15-7-10(8-15)5-13-12-4-9(2)11(6-14-12)16(17)18/h4,6,10H,3,5,7-8H2,1-2H3,(H,13,14). The van der Waals surface area contributed by atoms with E-state index in [1.807, 2.05) is 0 Å². The fraction of sp³-hybridized carbons (Fsp3) is 0.583. The summed E-state index contributed by atoms with van der Waals surface area (Å²) in [6.07, 6.45) is 1.23. The first-order valence-electron chi connectivity index (χ1n) is 6.66. The minimum atomic E-state index is -3.08. The Labute approximate surface area is 123 Å². The quantitative estimate of drug-likeness (QED) is 0.620. The largest absolute Gasteiger partial charge is 0.370 e. The van der Waals surface area contributed by atoms with E-state index in [0.29, 0.717) is 31.0 Å². The zero-order chi connectivity index (χ0) is 15.6. The highest BCUT2D eigenvalue weighted by atomic mass is 32.2. The second-order valence-corrected chi connectivity index (χ2v) is 7.34. The Morgan fingerprint density at radius 1 is 1.52 bits per heavy atom. The Kier molecular flexibility index (Phi) is 4.43. The van der Waals surface area contributed by atoms with Crippen molar-refractivity contribution in [3.8, 4) is 0 Å². The third-order valence-electron chi connectivity index (χ3n) is 3.53. The minimum absolute atomic E-state index is 0.00981. The van der Waals surface area contributed by atoms with Gasteiger partial charge >= 0.3 is 0 Å². The number of aromatic nitrogens is 1. The number of sulfonamides is 1. The van der Waals surface area contributed by atoms with Crippen LogP contribution in [-0.2, 0) is 10.0 Å². The van der Waals surface area contributed by atoms with Crippen LogP contribution in [0.15, 0.2) is 12.3 Å². The van der Waals surface area contributed by atoms with Gasteiger partial charge in [-0.1, -0.05) is 0 Å². The molecule has 0 atom stereocenters. The molecule has 8 nitrogen and oxygen atoms in total. The highest BCUT2D eigenvalue weighted by molar-refractivity contribution is 7.89. The molecule has 1 saturated heterocycles. The fourth-order valence-corrected chi connectivity index (χ4v) is 3.39. The molecule has 0 radical (unpaired) electrons. The summed E-state index contributed by atoms with van der Waals surface area (Å²) in [6, 6.07) is 1.62. The Morgan fingerprint density at radius 2 is 2.19 bits per heavy atom. The molecule has 1 aromatic heterocycles. The van der Waals surface area contributed by atoms with Gasteiger partial charge in [-0.3, -0.25) is 10.1 Å². The molecule has 1 aliphatic heterocycles. The van der Waals surface area contributed by atoms with Crippen LogP contribution in [-0.4, -0.2) is 48.0 Å². The number of pyridine rings is 1. The molecule has 1 fully saturated rings. The van der Waals surface area contributed by atoms with E-state index in [-0.39, 0.29) is 17.4 Å². The van der Waals surface area contributed by atoms with Crippen LogP contribution in [0, 0.1) is 23.0 Å². The molecule has 0 aromatic carbocycles. The van der Waals surface area contributed by atoms with Gasteiger partial charge in [0.2, 0.25) is 10.0 Å². The second kappa shape index (κ2) is 5.94. The van der Waals surface area contributed by atoms with Crippen LogP contribution in [0.5, 0.6) is 0 Å². The van der Waals surface area contributed by atoms with Crippen LogP contribution < -0.4 is 5.32 Å². The van der Waals surface area contributed by atoms with Crippen molar-refractivity contribution in [2.75, 3.05) is 30.7 Å². The van der Waals surface area contributed by atoms with Crippen LogP contribution in [0.2, 0.25) is 0 Å². The molecule has 0 bridgehead atoms. The summed E-state index contributed by atoms with van der Waals surface area (Å²) >= 11 is 0. The molecule has 2 heterocycles. The lowest BCUT2D eigenvalue weighted by Gasteiger charge is -2.38. The van der Waals surface area contributed by atoms with Gasteiger partial charge in [0.25, 0.3) is 5.69 Å². The van der Waals surface area contributed by atoms with Crippen molar-refractivity contribution in [3.05, 3.63) is 27.9 Å². The van der Waals surface area contributed by atoms with Gasteiger partial charge in [-0.2, -0.15) is 0 Å². The lowest BCUT2D eigenvalue weighted by atomic mass is 10.0. The maximum atomic E-state index is 11.6. The molecular weight excluding hydrogens is 296 g/mol. The summed E-state index contributed by atoms with van der Waals surface area (Å²) < 4.78 is 24.6. The number of nitrogens with one attached hydrogen (secondary N) is 1. The number of nitrogens with zero attached hydrogens (tertiary/aromatic N) is 3. The zero-order valence-electron chi connectivity index (χ0n) is 11.9. The highest BCUT2D eigenvalue weighted by Crippen LogP contribution is 2.22. The van der Waals surface area contributed by atoms with Gasteiger partial charge in [0.05, 0.1) is 10.7 Å². The smallest absolute Gasteiger partial charge is 0.290 e. The van der Waals surface area contributed by atoms with E-state index in [1.54, 1.807) is 19.9 Å². The number of nitro groups is 1. The first-order valence-corrected chi connectivity index (χ1v) is 8.27. The molecule has 0 amide bonds. The highest BCUT2D eigenvalue weighted by Gasteiger charge is 2.34. The third kappa shape index (κ3) is 3.48. The van der Waals surface area contributed by atoms with Crippen molar-refractivity contribution < 1.29 is 13.3 Å². The average molecular weight is 314 g/mol. The lowest BCUT2D eigenvalue weighted by Crippen LogP contribution is -2.52. The Hall–Kier alpha value is -1.74. The minimum Gasteiger partial charge on any atom is -0.370 e. The number of hydrogen-bond donors (Lipinski definition) is 1. The molecule has 0 unspecified atom stereocenters. The molecule has 1 aromatic rings.